The summed E-state index contributed by atoms with van der Waals surface area (Å²) in [5, 5.41) is 15.7. The molecule has 0 aliphatic carbocycles. The van der Waals surface area contributed by atoms with Crippen molar-refractivity contribution in [3.05, 3.63) is 65.4 Å². The molecule has 2 aromatic carbocycles. The number of carboxylic acids is 1. The summed E-state index contributed by atoms with van der Waals surface area (Å²) in [6.45, 7) is 10.4. The van der Waals surface area contributed by atoms with Crippen molar-refractivity contribution in [2.75, 3.05) is 18.1 Å². The van der Waals surface area contributed by atoms with Crippen molar-refractivity contribution in [3.8, 4) is 0 Å². The van der Waals surface area contributed by atoms with Gasteiger partial charge in [-0.05, 0) is 73.4 Å². The predicted molar refractivity (Wildman–Crippen MR) is 140 cm³/mol. The van der Waals surface area contributed by atoms with Crippen molar-refractivity contribution in [3.63, 3.8) is 0 Å². The molecule has 3 heterocycles. The zero-order valence-corrected chi connectivity index (χ0v) is 21.1. The molecule has 6 heteroatoms. The largest absolute Gasteiger partial charge is 0.478 e. The Kier molecular flexibility index (Phi) is 6.18. The lowest BCUT2D eigenvalue weighted by atomic mass is 9.77. The van der Waals surface area contributed by atoms with E-state index in [1.54, 1.807) is 6.07 Å². The van der Waals surface area contributed by atoms with Crippen molar-refractivity contribution in [1.82, 2.24) is 9.78 Å². The van der Waals surface area contributed by atoms with E-state index in [1.165, 1.54) is 11.3 Å². The number of carbonyl (C=O) groups is 1. The number of nitrogens with zero attached hydrogens (tertiary/aromatic N) is 3. The van der Waals surface area contributed by atoms with Crippen LogP contribution < -0.4 is 4.90 Å². The van der Waals surface area contributed by atoms with E-state index in [9.17, 15) is 9.90 Å². The highest BCUT2D eigenvalue weighted by atomic mass is 16.5. The molecule has 2 aliphatic rings. The third-order valence-electron chi connectivity index (χ3n) is 7.42. The molecular weight excluding hydrogens is 438 g/mol. The molecule has 2 atom stereocenters. The molecule has 35 heavy (non-hydrogen) atoms. The van der Waals surface area contributed by atoms with Crippen LogP contribution in [0.1, 0.15) is 74.2 Å². The number of anilines is 1. The second-order valence-corrected chi connectivity index (χ2v) is 10.9. The minimum atomic E-state index is -0.905. The van der Waals surface area contributed by atoms with Gasteiger partial charge in [-0.25, -0.2) is 9.48 Å². The van der Waals surface area contributed by atoms with Gasteiger partial charge in [0.15, 0.2) is 6.23 Å². The zero-order valence-electron chi connectivity index (χ0n) is 21.1. The highest BCUT2D eigenvalue weighted by molar-refractivity contribution is 6.04. The number of hydrogen-bond acceptors (Lipinski definition) is 4. The Balaban J connectivity index is 1.61. The number of aryl methyl sites for hydroxylation is 1. The number of aromatic carboxylic acids is 1. The number of aromatic nitrogens is 2. The molecule has 5 rings (SSSR count). The molecule has 1 fully saturated rings. The lowest BCUT2D eigenvalue weighted by Gasteiger charge is -2.44. The zero-order chi connectivity index (χ0) is 24.7. The van der Waals surface area contributed by atoms with Crippen LogP contribution in [0.2, 0.25) is 0 Å². The fourth-order valence-electron chi connectivity index (χ4n) is 5.60. The van der Waals surface area contributed by atoms with Gasteiger partial charge < -0.3 is 14.7 Å². The molecular formula is C29H35N3O3. The molecule has 0 spiro atoms. The molecule has 0 amide bonds. The number of benzene rings is 2. The number of ether oxygens (including phenoxy) is 1. The summed E-state index contributed by atoms with van der Waals surface area (Å²) in [4.78, 5) is 14.8. The number of hydrogen-bond donors (Lipinski definition) is 1. The van der Waals surface area contributed by atoms with Crippen LogP contribution >= 0.6 is 0 Å². The molecule has 1 N–H and O–H groups in total. The van der Waals surface area contributed by atoms with E-state index < -0.39 is 5.97 Å². The molecule has 0 radical (unpaired) electrons. The van der Waals surface area contributed by atoms with E-state index in [0.717, 1.165) is 60.9 Å². The van der Waals surface area contributed by atoms with Crippen molar-refractivity contribution >= 4 is 28.1 Å². The molecule has 1 saturated heterocycles. The smallest absolute Gasteiger partial charge is 0.336 e. The summed E-state index contributed by atoms with van der Waals surface area (Å²) in [5.41, 5.74) is 5.60. The van der Waals surface area contributed by atoms with Crippen molar-refractivity contribution in [2.45, 2.75) is 65.6 Å². The first kappa shape index (κ1) is 23.6. The SMILES string of the molecule is Cc1cccc(N2CC=C(c3c(C(=O)O)ccc4c3cnn4C3CCCCO3)CC2C(C)(C)C)c1. The molecule has 2 unspecified atom stereocenters. The summed E-state index contributed by atoms with van der Waals surface area (Å²) < 4.78 is 7.93. The van der Waals surface area contributed by atoms with Crippen LogP contribution in [0.15, 0.2) is 48.7 Å². The minimum absolute atomic E-state index is 0.000653. The monoisotopic (exact) mass is 473 g/mol. The molecule has 2 aliphatic heterocycles. The van der Waals surface area contributed by atoms with Gasteiger partial charge in [0.2, 0.25) is 0 Å². The van der Waals surface area contributed by atoms with E-state index in [0.29, 0.717) is 5.56 Å². The lowest BCUT2D eigenvalue weighted by Crippen LogP contribution is -2.46. The average molecular weight is 474 g/mol. The van der Waals surface area contributed by atoms with E-state index in [4.69, 9.17) is 4.74 Å². The van der Waals surface area contributed by atoms with Crippen LogP contribution in [-0.4, -0.2) is 40.0 Å². The highest BCUT2D eigenvalue weighted by Crippen LogP contribution is 2.41. The summed E-state index contributed by atoms with van der Waals surface area (Å²) in [6, 6.07) is 12.5. The quantitative estimate of drug-likeness (QED) is 0.472. The first-order valence-electron chi connectivity index (χ1n) is 12.6. The molecule has 6 nitrogen and oxygen atoms in total. The van der Waals surface area contributed by atoms with Crippen molar-refractivity contribution in [1.29, 1.82) is 0 Å². The third-order valence-corrected chi connectivity index (χ3v) is 7.42. The molecule has 0 bridgehead atoms. The Bertz CT molecular complexity index is 1280. The van der Waals surface area contributed by atoms with Gasteiger partial charge >= 0.3 is 5.97 Å². The van der Waals surface area contributed by atoms with E-state index in [1.807, 2.05) is 16.9 Å². The summed E-state index contributed by atoms with van der Waals surface area (Å²) in [6.07, 6.45) is 7.82. The Morgan fingerprint density at radius 1 is 1.17 bits per heavy atom. The predicted octanol–water partition coefficient (Wildman–Crippen LogP) is 6.45. The molecule has 3 aromatic rings. The number of fused-ring (bicyclic) bond motifs is 1. The van der Waals surface area contributed by atoms with E-state index in [-0.39, 0.29) is 17.7 Å². The number of carboxylic acid groups (broad SMARTS) is 1. The van der Waals surface area contributed by atoms with Crippen molar-refractivity contribution in [2.24, 2.45) is 5.41 Å². The van der Waals surface area contributed by atoms with E-state index in [2.05, 4.69) is 68.0 Å². The van der Waals surface area contributed by atoms with Gasteiger partial charge in [0, 0.05) is 35.8 Å². The van der Waals surface area contributed by atoms with Crippen molar-refractivity contribution < 1.29 is 14.6 Å². The van der Waals surface area contributed by atoms with Crippen LogP contribution in [0, 0.1) is 12.3 Å². The Hall–Kier alpha value is -3.12. The average Bonchev–Trinajstić information content (AvgIpc) is 3.27. The maximum absolute atomic E-state index is 12.3. The normalized spacial score (nSPS) is 21.3. The third kappa shape index (κ3) is 4.47. The fourth-order valence-corrected chi connectivity index (χ4v) is 5.60. The maximum atomic E-state index is 12.3. The minimum Gasteiger partial charge on any atom is -0.478 e. The summed E-state index contributed by atoms with van der Waals surface area (Å²) in [5.74, 6) is -0.905. The van der Waals surface area contributed by atoms with Crippen LogP contribution in [0.5, 0.6) is 0 Å². The summed E-state index contributed by atoms with van der Waals surface area (Å²) >= 11 is 0. The first-order valence-corrected chi connectivity index (χ1v) is 12.6. The Morgan fingerprint density at radius 2 is 2.00 bits per heavy atom. The Morgan fingerprint density at radius 3 is 2.69 bits per heavy atom. The van der Waals surface area contributed by atoms with Crippen LogP contribution in [-0.2, 0) is 4.74 Å². The topological polar surface area (TPSA) is 67.6 Å². The molecule has 184 valence electrons. The number of rotatable bonds is 4. The van der Waals surface area contributed by atoms with E-state index >= 15 is 0 Å². The van der Waals surface area contributed by atoms with Gasteiger partial charge in [0.25, 0.3) is 0 Å². The maximum Gasteiger partial charge on any atom is 0.336 e. The fraction of sp³-hybridized carbons (Fsp3) is 0.448. The van der Waals surface area contributed by atoms with Gasteiger partial charge in [-0.3, -0.25) is 0 Å². The summed E-state index contributed by atoms with van der Waals surface area (Å²) in [7, 11) is 0. The van der Waals surface area contributed by atoms with Gasteiger partial charge in [-0.15, -0.1) is 0 Å². The highest BCUT2D eigenvalue weighted by Gasteiger charge is 2.35. The van der Waals surface area contributed by atoms with Gasteiger partial charge in [-0.2, -0.15) is 5.10 Å². The van der Waals surface area contributed by atoms with Gasteiger partial charge in [0.1, 0.15) is 0 Å². The van der Waals surface area contributed by atoms with Crippen LogP contribution in [0.25, 0.3) is 16.5 Å². The molecule has 0 saturated carbocycles. The van der Waals surface area contributed by atoms with Crippen LogP contribution in [0.3, 0.4) is 0 Å². The lowest BCUT2D eigenvalue weighted by molar-refractivity contribution is -0.0366. The van der Waals surface area contributed by atoms with Crippen LogP contribution in [0.4, 0.5) is 5.69 Å². The second-order valence-electron chi connectivity index (χ2n) is 10.9. The first-order chi connectivity index (χ1) is 16.7. The Labute approximate surface area is 207 Å². The second kappa shape index (κ2) is 9.15. The van der Waals surface area contributed by atoms with Gasteiger partial charge in [0.05, 0.1) is 17.3 Å². The molecule has 1 aromatic heterocycles. The standard InChI is InChI=1S/C29H35N3O3/c1-19-8-7-9-21(16-19)31-14-13-20(17-25(31)29(2,3)4)27-22(28(33)34)11-12-24-23(27)18-30-32(24)26-10-5-6-15-35-26/h7-9,11-13,16,18,25-26H,5-6,10,14-15,17H2,1-4H3,(H,33,34). The van der Waals surface area contributed by atoms with Gasteiger partial charge in [-0.1, -0.05) is 39.0 Å².